The number of pyridine rings is 1. The van der Waals surface area contributed by atoms with E-state index in [2.05, 4.69) is 80.4 Å². The molecule has 0 amide bonds. The summed E-state index contributed by atoms with van der Waals surface area (Å²) in [7, 11) is 0. The second-order valence-electron chi connectivity index (χ2n) is 6.21. The molecule has 0 spiro atoms. The number of benzene rings is 2. The van der Waals surface area contributed by atoms with Crippen LogP contribution in [0.1, 0.15) is 26.3 Å². The Labute approximate surface area is 120 Å². The first-order valence-electron chi connectivity index (χ1n) is 7.00. The van der Waals surface area contributed by atoms with E-state index >= 15 is 0 Å². The van der Waals surface area contributed by atoms with Gasteiger partial charge in [0.2, 0.25) is 0 Å². The van der Waals surface area contributed by atoms with Crippen molar-refractivity contribution >= 4 is 10.8 Å². The van der Waals surface area contributed by atoms with Gasteiger partial charge < -0.3 is 0 Å². The van der Waals surface area contributed by atoms with E-state index in [4.69, 9.17) is 0 Å². The topological polar surface area (TPSA) is 12.9 Å². The fourth-order valence-electron chi connectivity index (χ4n) is 2.49. The average Bonchev–Trinajstić information content (AvgIpc) is 2.46. The molecule has 0 aliphatic carbocycles. The molecule has 0 atom stereocenters. The highest BCUT2D eigenvalue weighted by Gasteiger charge is 2.15. The molecule has 20 heavy (non-hydrogen) atoms. The van der Waals surface area contributed by atoms with Gasteiger partial charge in [-0.15, -0.1) is 0 Å². The van der Waals surface area contributed by atoms with E-state index in [1.165, 1.54) is 21.9 Å². The Morgan fingerprint density at radius 3 is 2.40 bits per heavy atom. The van der Waals surface area contributed by atoms with Crippen molar-refractivity contribution in [3.05, 3.63) is 66.4 Å². The van der Waals surface area contributed by atoms with Crippen LogP contribution in [0.4, 0.5) is 0 Å². The van der Waals surface area contributed by atoms with Crippen LogP contribution >= 0.6 is 0 Å². The van der Waals surface area contributed by atoms with Gasteiger partial charge >= 0.3 is 0 Å². The molecular formula is C19H19N. The average molecular weight is 261 g/mol. The maximum absolute atomic E-state index is 4.57. The van der Waals surface area contributed by atoms with Crippen LogP contribution in [0.5, 0.6) is 0 Å². The molecule has 0 radical (unpaired) electrons. The van der Waals surface area contributed by atoms with E-state index in [1.54, 1.807) is 0 Å². The lowest BCUT2D eigenvalue weighted by Gasteiger charge is -2.19. The van der Waals surface area contributed by atoms with Gasteiger partial charge in [0, 0.05) is 11.8 Å². The van der Waals surface area contributed by atoms with Gasteiger partial charge in [-0.25, -0.2) is 0 Å². The molecule has 0 unspecified atom stereocenters. The molecule has 0 saturated carbocycles. The molecule has 0 aliphatic heterocycles. The van der Waals surface area contributed by atoms with Gasteiger partial charge in [0.25, 0.3) is 0 Å². The van der Waals surface area contributed by atoms with Crippen LogP contribution < -0.4 is 0 Å². The number of nitrogens with zero attached hydrogens (tertiary/aromatic N) is 1. The quantitative estimate of drug-likeness (QED) is 0.586. The highest BCUT2D eigenvalue weighted by Crippen LogP contribution is 2.30. The van der Waals surface area contributed by atoms with Crippen LogP contribution in [0, 0.1) is 0 Å². The number of rotatable bonds is 1. The summed E-state index contributed by atoms with van der Waals surface area (Å²) in [5, 5.41) is 2.52. The number of aromatic nitrogens is 1. The summed E-state index contributed by atoms with van der Waals surface area (Å²) >= 11 is 0. The van der Waals surface area contributed by atoms with Crippen LogP contribution in [-0.4, -0.2) is 4.98 Å². The summed E-state index contributed by atoms with van der Waals surface area (Å²) < 4.78 is 0. The van der Waals surface area contributed by atoms with Gasteiger partial charge in [0.1, 0.15) is 0 Å². The van der Waals surface area contributed by atoms with Crippen molar-refractivity contribution in [3.8, 4) is 11.3 Å². The van der Waals surface area contributed by atoms with Crippen LogP contribution in [-0.2, 0) is 5.41 Å². The minimum atomic E-state index is 0.141. The molecule has 3 rings (SSSR count). The zero-order valence-corrected chi connectivity index (χ0v) is 12.2. The summed E-state index contributed by atoms with van der Waals surface area (Å²) in [6, 6.07) is 19.2. The second-order valence-corrected chi connectivity index (χ2v) is 6.21. The lowest BCUT2D eigenvalue weighted by Crippen LogP contribution is -2.11. The van der Waals surface area contributed by atoms with Crippen molar-refractivity contribution in [1.29, 1.82) is 0 Å². The second kappa shape index (κ2) is 4.75. The first-order chi connectivity index (χ1) is 9.55. The maximum atomic E-state index is 4.57. The Hall–Kier alpha value is -2.15. The minimum Gasteiger partial charge on any atom is -0.256 e. The Balaban J connectivity index is 2.21. The Kier molecular flexibility index (Phi) is 3.06. The van der Waals surface area contributed by atoms with Gasteiger partial charge in [-0.1, -0.05) is 63.2 Å². The highest BCUT2D eigenvalue weighted by atomic mass is 14.7. The van der Waals surface area contributed by atoms with E-state index in [1.807, 2.05) is 6.20 Å². The lowest BCUT2D eigenvalue weighted by atomic mass is 9.86. The number of fused-ring (bicyclic) bond motifs is 1. The SMILES string of the molecule is CC(C)(C)c1ccnc(-c2cccc3ccccc23)c1. The Morgan fingerprint density at radius 1 is 0.850 bits per heavy atom. The molecule has 1 heteroatoms. The van der Waals surface area contributed by atoms with Crippen molar-refractivity contribution in [2.24, 2.45) is 0 Å². The Morgan fingerprint density at radius 2 is 1.60 bits per heavy atom. The standard InChI is InChI=1S/C19H19N/c1-19(2,3)15-11-12-20-18(13-15)17-10-6-8-14-7-4-5-9-16(14)17/h4-13H,1-3H3. The van der Waals surface area contributed by atoms with E-state index in [9.17, 15) is 0 Å². The summed E-state index contributed by atoms with van der Waals surface area (Å²) in [6.07, 6.45) is 1.91. The van der Waals surface area contributed by atoms with Crippen LogP contribution in [0.3, 0.4) is 0 Å². The largest absolute Gasteiger partial charge is 0.256 e. The van der Waals surface area contributed by atoms with Crippen LogP contribution in [0.25, 0.3) is 22.0 Å². The molecule has 1 heterocycles. The monoisotopic (exact) mass is 261 g/mol. The van der Waals surface area contributed by atoms with Crippen LogP contribution in [0.2, 0.25) is 0 Å². The molecule has 0 aliphatic rings. The third-order valence-electron chi connectivity index (χ3n) is 3.69. The zero-order valence-electron chi connectivity index (χ0n) is 12.2. The van der Waals surface area contributed by atoms with Gasteiger partial charge in [-0.05, 0) is 33.9 Å². The summed E-state index contributed by atoms with van der Waals surface area (Å²) in [4.78, 5) is 4.57. The van der Waals surface area contributed by atoms with Gasteiger partial charge in [-0.3, -0.25) is 4.98 Å². The number of hydrogen-bond donors (Lipinski definition) is 0. The molecule has 1 nitrogen and oxygen atoms in total. The molecule has 2 aromatic carbocycles. The smallest absolute Gasteiger partial charge is 0.0711 e. The zero-order chi connectivity index (χ0) is 14.2. The van der Waals surface area contributed by atoms with Crippen molar-refractivity contribution in [1.82, 2.24) is 4.98 Å². The predicted molar refractivity (Wildman–Crippen MR) is 85.9 cm³/mol. The fraction of sp³-hybridized carbons (Fsp3) is 0.211. The van der Waals surface area contributed by atoms with Gasteiger partial charge in [0.15, 0.2) is 0 Å². The van der Waals surface area contributed by atoms with Crippen molar-refractivity contribution in [2.75, 3.05) is 0 Å². The summed E-state index contributed by atoms with van der Waals surface area (Å²) in [5.41, 5.74) is 3.71. The lowest BCUT2D eigenvalue weighted by molar-refractivity contribution is 0.589. The predicted octanol–water partition coefficient (Wildman–Crippen LogP) is 5.20. The third kappa shape index (κ3) is 2.32. The minimum absolute atomic E-state index is 0.141. The molecule has 1 aromatic heterocycles. The van der Waals surface area contributed by atoms with Crippen molar-refractivity contribution in [2.45, 2.75) is 26.2 Å². The molecular weight excluding hydrogens is 242 g/mol. The molecule has 0 N–H and O–H groups in total. The first-order valence-corrected chi connectivity index (χ1v) is 7.00. The van der Waals surface area contributed by atoms with Crippen LogP contribution in [0.15, 0.2) is 60.8 Å². The van der Waals surface area contributed by atoms with Crippen molar-refractivity contribution < 1.29 is 0 Å². The highest BCUT2D eigenvalue weighted by molar-refractivity contribution is 5.95. The van der Waals surface area contributed by atoms with Gasteiger partial charge in [-0.2, -0.15) is 0 Å². The molecule has 0 saturated heterocycles. The molecule has 0 bridgehead atoms. The molecule has 100 valence electrons. The maximum Gasteiger partial charge on any atom is 0.0711 e. The van der Waals surface area contributed by atoms with E-state index in [0.717, 1.165) is 5.69 Å². The van der Waals surface area contributed by atoms with E-state index in [0.29, 0.717) is 0 Å². The normalized spacial score (nSPS) is 11.8. The summed E-state index contributed by atoms with van der Waals surface area (Å²) in [5.74, 6) is 0. The van der Waals surface area contributed by atoms with E-state index < -0.39 is 0 Å². The van der Waals surface area contributed by atoms with Crippen molar-refractivity contribution in [3.63, 3.8) is 0 Å². The third-order valence-corrected chi connectivity index (χ3v) is 3.69. The number of hydrogen-bond acceptors (Lipinski definition) is 1. The fourth-order valence-corrected chi connectivity index (χ4v) is 2.49. The first kappa shape index (κ1) is 12.9. The van der Waals surface area contributed by atoms with Gasteiger partial charge in [0.05, 0.1) is 5.69 Å². The van der Waals surface area contributed by atoms with E-state index in [-0.39, 0.29) is 5.41 Å². The Bertz CT molecular complexity index is 746. The molecule has 3 aromatic rings. The summed E-state index contributed by atoms with van der Waals surface area (Å²) in [6.45, 7) is 6.69. The molecule has 0 fully saturated rings.